The third-order valence-electron chi connectivity index (χ3n) is 3.38. The summed E-state index contributed by atoms with van der Waals surface area (Å²) in [5, 5.41) is 19.5. The average molecular weight is 273 g/mol. The van der Waals surface area contributed by atoms with E-state index in [0.29, 0.717) is 17.7 Å². The second kappa shape index (κ2) is 5.70. The fourth-order valence-electron chi connectivity index (χ4n) is 2.12. The van der Waals surface area contributed by atoms with Crippen LogP contribution >= 0.6 is 0 Å². The number of carbonyl (C=O) groups is 1. The van der Waals surface area contributed by atoms with Gasteiger partial charge in [-0.25, -0.2) is 0 Å². The quantitative estimate of drug-likeness (QED) is 0.608. The highest BCUT2D eigenvalue weighted by Crippen LogP contribution is 2.29. The molecular formula is C14H15N3O3. The molecule has 1 saturated carbocycles. The van der Waals surface area contributed by atoms with Crippen LogP contribution in [0.2, 0.25) is 0 Å². The Bertz CT molecular complexity index is 588. The number of amides is 1. The predicted octanol–water partition coefficient (Wildman–Crippen LogP) is 2.42. The Kier molecular flexibility index (Phi) is 3.99. The molecule has 0 radical (unpaired) electrons. The number of carbonyl (C=O) groups excluding carboxylic acids is 1. The number of hydrogen-bond acceptors (Lipinski definition) is 4. The van der Waals surface area contributed by atoms with Crippen molar-refractivity contribution in [2.24, 2.45) is 0 Å². The van der Waals surface area contributed by atoms with E-state index in [-0.39, 0.29) is 24.1 Å². The fourth-order valence-corrected chi connectivity index (χ4v) is 2.12. The van der Waals surface area contributed by atoms with Crippen molar-refractivity contribution in [3.05, 3.63) is 39.4 Å². The number of hydrogen-bond donors (Lipinski definition) is 0. The van der Waals surface area contributed by atoms with Crippen LogP contribution in [0, 0.1) is 28.4 Å². The van der Waals surface area contributed by atoms with E-state index in [4.69, 9.17) is 5.26 Å². The molecule has 6 heteroatoms. The van der Waals surface area contributed by atoms with E-state index in [2.05, 4.69) is 0 Å². The number of aryl methyl sites for hydroxylation is 1. The summed E-state index contributed by atoms with van der Waals surface area (Å²) in [5.74, 6) is -0.219. The van der Waals surface area contributed by atoms with E-state index in [1.807, 2.05) is 6.07 Å². The largest absolute Gasteiger partial charge is 0.335 e. The Morgan fingerprint density at radius 3 is 2.80 bits per heavy atom. The lowest BCUT2D eigenvalue weighted by Crippen LogP contribution is -2.34. The van der Waals surface area contributed by atoms with Gasteiger partial charge in [-0.2, -0.15) is 5.26 Å². The van der Waals surface area contributed by atoms with Gasteiger partial charge in [0.25, 0.3) is 11.6 Å². The number of benzene rings is 1. The van der Waals surface area contributed by atoms with Crippen molar-refractivity contribution in [2.75, 3.05) is 6.54 Å². The molecule has 20 heavy (non-hydrogen) atoms. The Hall–Kier alpha value is -2.42. The number of non-ortho nitro benzene ring substituents is 1. The highest BCUT2D eigenvalue weighted by molar-refractivity contribution is 5.96. The first-order chi connectivity index (χ1) is 9.54. The smallest absolute Gasteiger partial charge is 0.270 e. The van der Waals surface area contributed by atoms with E-state index in [0.717, 1.165) is 12.8 Å². The molecule has 1 aromatic carbocycles. The molecule has 0 aromatic heterocycles. The van der Waals surface area contributed by atoms with Crippen molar-refractivity contribution < 1.29 is 9.72 Å². The summed E-state index contributed by atoms with van der Waals surface area (Å²) >= 11 is 0. The van der Waals surface area contributed by atoms with Gasteiger partial charge in [0.2, 0.25) is 0 Å². The fraction of sp³-hybridized carbons (Fsp3) is 0.429. The molecule has 1 aromatic rings. The normalized spacial score (nSPS) is 13.6. The molecule has 2 rings (SSSR count). The van der Waals surface area contributed by atoms with E-state index in [9.17, 15) is 14.9 Å². The summed E-state index contributed by atoms with van der Waals surface area (Å²) in [7, 11) is 0. The summed E-state index contributed by atoms with van der Waals surface area (Å²) in [6.07, 6.45) is 2.15. The van der Waals surface area contributed by atoms with Crippen molar-refractivity contribution in [3.8, 4) is 6.07 Å². The molecule has 6 nitrogen and oxygen atoms in total. The number of rotatable bonds is 5. The first kappa shape index (κ1) is 14.0. The maximum Gasteiger partial charge on any atom is 0.270 e. The van der Waals surface area contributed by atoms with Gasteiger partial charge in [0.1, 0.15) is 0 Å². The maximum atomic E-state index is 12.5. The zero-order chi connectivity index (χ0) is 14.7. The molecule has 1 amide bonds. The molecule has 0 unspecified atom stereocenters. The Labute approximate surface area is 116 Å². The van der Waals surface area contributed by atoms with E-state index in [1.165, 1.54) is 12.1 Å². The molecule has 0 N–H and O–H groups in total. The van der Waals surface area contributed by atoms with Gasteiger partial charge in [-0.1, -0.05) is 6.07 Å². The molecule has 0 atom stereocenters. The van der Waals surface area contributed by atoms with Crippen LogP contribution in [-0.4, -0.2) is 28.3 Å². The minimum absolute atomic E-state index is 0.0880. The minimum Gasteiger partial charge on any atom is -0.335 e. The van der Waals surface area contributed by atoms with Crippen molar-refractivity contribution >= 4 is 11.6 Å². The number of nitro groups is 1. The second-order valence-corrected chi connectivity index (χ2v) is 4.89. The molecule has 1 aliphatic carbocycles. The van der Waals surface area contributed by atoms with Crippen molar-refractivity contribution in [1.82, 2.24) is 4.90 Å². The highest BCUT2D eigenvalue weighted by atomic mass is 16.6. The number of nitro benzene ring substituents is 1. The van der Waals surface area contributed by atoms with E-state index < -0.39 is 4.92 Å². The van der Waals surface area contributed by atoms with Gasteiger partial charge < -0.3 is 4.90 Å². The van der Waals surface area contributed by atoms with Crippen LogP contribution in [0.3, 0.4) is 0 Å². The van der Waals surface area contributed by atoms with Crippen molar-refractivity contribution in [2.45, 2.75) is 32.2 Å². The topological polar surface area (TPSA) is 87.2 Å². The Balaban J connectivity index is 2.28. The highest BCUT2D eigenvalue weighted by Gasteiger charge is 2.33. The van der Waals surface area contributed by atoms with Crippen LogP contribution in [0.25, 0.3) is 0 Å². The first-order valence-corrected chi connectivity index (χ1v) is 6.47. The Morgan fingerprint density at radius 2 is 2.25 bits per heavy atom. The van der Waals surface area contributed by atoms with Gasteiger partial charge in [0.05, 0.1) is 17.4 Å². The molecule has 104 valence electrons. The minimum atomic E-state index is -0.507. The molecule has 0 spiro atoms. The molecule has 0 aliphatic heterocycles. The SMILES string of the molecule is Cc1ccc([N+](=O)[O-])cc1C(=O)N(CCC#N)C1CC1. The van der Waals surface area contributed by atoms with Crippen LogP contribution < -0.4 is 0 Å². The van der Waals surface area contributed by atoms with Gasteiger partial charge in [-0.3, -0.25) is 14.9 Å². The Morgan fingerprint density at radius 1 is 1.55 bits per heavy atom. The van der Waals surface area contributed by atoms with Crippen LogP contribution in [0.5, 0.6) is 0 Å². The predicted molar refractivity (Wildman–Crippen MR) is 72.1 cm³/mol. The molecular weight excluding hydrogens is 258 g/mol. The molecule has 1 aliphatic rings. The van der Waals surface area contributed by atoms with Gasteiger partial charge in [-0.05, 0) is 25.3 Å². The van der Waals surface area contributed by atoms with Crippen molar-refractivity contribution in [1.29, 1.82) is 5.26 Å². The summed E-state index contributed by atoms with van der Waals surface area (Å²) in [6, 6.07) is 6.50. The zero-order valence-corrected chi connectivity index (χ0v) is 11.2. The number of nitrogens with zero attached hydrogens (tertiary/aromatic N) is 3. The lowest BCUT2D eigenvalue weighted by atomic mass is 10.1. The third kappa shape index (κ3) is 2.94. The summed E-state index contributed by atoms with van der Waals surface area (Å²) in [6.45, 7) is 2.13. The van der Waals surface area contributed by atoms with Crippen LogP contribution in [0.4, 0.5) is 5.69 Å². The monoisotopic (exact) mass is 273 g/mol. The van der Waals surface area contributed by atoms with Crippen LogP contribution in [-0.2, 0) is 0 Å². The average Bonchev–Trinajstić information content (AvgIpc) is 3.23. The van der Waals surface area contributed by atoms with Gasteiger partial charge in [0, 0.05) is 30.3 Å². The zero-order valence-electron chi connectivity index (χ0n) is 11.2. The van der Waals surface area contributed by atoms with E-state index >= 15 is 0 Å². The van der Waals surface area contributed by atoms with Crippen molar-refractivity contribution in [3.63, 3.8) is 0 Å². The number of nitriles is 1. The standard InChI is InChI=1S/C14H15N3O3/c1-10-3-4-12(17(19)20)9-13(10)14(18)16(8-2-7-15)11-5-6-11/h3-4,9,11H,2,5-6,8H2,1H3. The first-order valence-electron chi connectivity index (χ1n) is 6.47. The molecule has 0 saturated heterocycles. The third-order valence-corrected chi connectivity index (χ3v) is 3.38. The maximum absolute atomic E-state index is 12.5. The summed E-state index contributed by atoms with van der Waals surface area (Å²) in [4.78, 5) is 24.5. The lowest BCUT2D eigenvalue weighted by Gasteiger charge is -2.22. The summed E-state index contributed by atoms with van der Waals surface area (Å²) < 4.78 is 0. The van der Waals surface area contributed by atoms with E-state index in [1.54, 1.807) is 17.9 Å². The molecule has 0 heterocycles. The lowest BCUT2D eigenvalue weighted by molar-refractivity contribution is -0.384. The van der Waals surface area contributed by atoms with Gasteiger partial charge in [0.15, 0.2) is 0 Å². The molecule has 1 fully saturated rings. The second-order valence-electron chi connectivity index (χ2n) is 4.89. The van der Waals surface area contributed by atoms with Gasteiger partial charge in [-0.15, -0.1) is 0 Å². The molecule has 0 bridgehead atoms. The van der Waals surface area contributed by atoms with Crippen LogP contribution in [0.15, 0.2) is 18.2 Å². The van der Waals surface area contributed by atoms with Crippen LogP contribution in [0.1, 0.15) is 35.2 Å². The van der Waals surface area contributed by atoms with Gasteiger partial charge >= 0.3 is 0 Å². The summed E-state index contributed by atoms with van der Waals surface area (Å²) in [5.41, 5.74) is 0.974.